The van der Waals surface area contributed by atoms with E-state index in [1.54, 1.807) is 31.4 Å². The Bertz CT molecular complexity index is 425. The van der Waals surface area contributed by atoms with Gasteiger partial charge in [-0.1, -0.05) is 19.9 Å². The summed E-state index contributed by atoms with van der Waals surface area (Å²) in [6, 6.07) is 6.96. The largest absolute Gasteiger partial charge is 0.497 e. The van der Waals surface area contributed by atoms with E-state index < -0.39 is 0 Å². The molecule has 4 nitrogen and oxygen atoms in total. The van der Waals surface area contributed by atoms with E-state index in [9.17, 15) is 4.79 Å². The lowest BCUT2D eigenvalue weighted by Gasteiger charge is -2.06. The Balaban J connectivity index is 2.73. The van der Waals surface area contributed by atoms with Crippen molar-refractivity contribution < 1.29 is 9.53 Å². The molecule has 17 heavy (non-hydrogen) atoms. The quantitative estimate of drug-likeness (QED) is 0.642. The number of nitrogens with zero attached hydrogens (tertiary/aromatic N) is 1. The monoisotopic (exact) mass is 234 g/mol. The topological polar surface area (TPSA) is 50.7 Å². The first kappa shape index (κ1) is 13.2. The molecule has 0 atom stereocenters. The molecule has 0 saturated heterocycles. The van der Waals surface area contributed by atoms with Gasteiger partial charge in [-0.25, -0.2) is 5.43 Å². The second-order valence-electron chi connectivity index (χ2n) is 4.08. The third-order valence-corrected chi connectivity index (χ3v) is 2.50. The van der Waals surface area contributed by atoms with Gasteiger partial charge in [-0.2, -0.15) is 5.10 Å². The molecule has 0 bridgehead atoms. The highest BCUT2D eigenvalue weighted by molar-refractivity contribution is 5.95. The Labute approximate surface area is 102 Å². The summed E-state index contributed by atoms with van der Waals surface area (Å²) in [5.41, 5.74) is 3.95. The number of nitrogens with one attached hydrogen (secondary N) is 1. The van der Waals surface area contributed by atoms with Crippen LogP contribution in [0.1, 0.15) is 31.1 Å². The zero-order valence-electron chi connectivity index (χ0n) is 10.7. The van der Waals surface area contributed by atoms with E-state index in [0.29, 0.717) is 17.2 Å². The zero-order valence-corrected chi connectivity index (χ0v) is 10.7. The van der Waals surface area contributed by atoms with Crippen molar-refractivity contribution in [3.05, 3.63) is 29.8 Å². The Morgan fingerprint density at radius 3 is 2.71 bits per heavy atom. The zero-order chi connectivity index (χ0) is 12.8. The number of methoxy groups -OCH3 is 1. The van der Waals surface area contributed by atoms with Gasteiger partial charge in [0, 0.05) is 11.3 Å². The highest BCUT2D eigenvalue weighted by atomic mass is 16.5. The molecular weight excluding hydrogens is 216 g/mol. The van der Waals surface area contributed by atoms with E-state index in [2.05, 4.69) is 10.5 Å². The molecule has 0 heterocycles. The van der Waals surface area contributed by atoms with Gasteiger partial charge in [0.25, 0.3) is 5.91 Å². The number of carbonyl (C=O) groups excluding carboxylic acids is 1. The van der Waals surface area contributed by atoms with Crippen LogP contribution in [0.2, 0.25) is 0 Å². The van der Waals surface area contributed by atoms with Crippen molar-refractivity contribution in [3.63, 3.8) is 0 Å². The van der Waals surface area contributed by atoms with Crippen molar-refractivity contribution in [1.29, 1.82) is 0 Å². The third kappa shape index (κ3) is 3.90. The lowest BCUT2D eigenvalue weighted by Crippen LogP contribution is -2.20. The lowest BCUT2D eigenvalue weighted by atomic mass is 10.1. The molecule has 1 rings (SSSR count). The first-order valence-electron chi connectivity index (χ1n) is 5.53. The normalized spacial score (nSPS) is 11.5. The van der Waals surface area contributed by atoms with E-state index in [-0.39, 0.29) is 5.91 Å². The van der Waals surface area contributed by atoms with Crippen LogP contribution >= 0.6 is 0 Å². The van der Waals surface area contributed by atoms with E-state index in [1.807, 2.05) is 20.8 Å². The fourth-order valence-electron chi connectivity index (χ4n) is 1.10. The summed E-state index contributed by atoms with van der Waals surface area (Å²) in [6.07, 6.45) is 0. The molecule has 0 spiro atoms. The number of rotatable bonds is 4. The van der Waals surface area contributed by atoms with Gasteiger partial charge in [-0.05, 0) is 31.0 Å². The summed E-state index contributed by atoms with van der Waals surface area (Å²) < 4.78 is 5.05. The highest BCUT2D eigenvalue weighted by Crippen LogP contribution is 2.12. The van der Waals surface area contributed by atoms with Crippen LogP contribution in [0.25, 0.3) is 0 Å². The SMILES string of the molecule is COc1cccc(C(=O)NN=C(C)C(C)C)c1. The van der Waals surface area contributed by atoms with Crippen molar-refractivity contribution in [2.24, 2.45) is 11.0 Å². The van der Waals surface area contributed by atoms with E-state index in [1.165, 1.54) is 0 Å². The number of hydrogen-bond donors (Lipinski definition) is 1. The average molecular weight is 234 g/mol. The van der Waals surface area contributed by atoms with Crippen LogP contribution in [0, 0.1) is 5.92 Å². The number of hydrogen-bond acceptors (Lipinski definition) is 3. The first-order valence-corrected chi connectivity index (χ1v) is 5.53. The summed E-state index contributed by atoms with van der Waals surface area (Å²) in [6.45, 7) is 5.93. The minimum Gasteiger partial charge on any atom is -0.497 e. The molecule has 0 radical (unpaired) electrons. The van der Waals surface area contributed by atoms with Gasteiger partial charge < -0.3 is 4.74 Å². The molecule has 0 fully saturated rings. The Hall–Kier alpha value is -1.84. The predicted octanol–water partition coefficient (Wildman–Crippen LogP) is 2.46. The molecule has 1 aromatic rings. The minimum absolute atomic E-state index is 0.232. The molecule has 92 valence electrons. The molecule has 0 aromatic heterocycles. The van der Waals surface area contributed by atoms with E-state index >= 15 is 0 Å². The fourth-order valence-corrected chi connectivity index (χ4v) is 1.10. The fraction of sp³-hybridized carbons (Fsp3) is 0.385. The Kier molecular flexibility index (Phi) is 4.69. The van der Waals surface area contributed by atoms with Crippen molar-refractivity contribution in [1.82, 2.24) is 5.43 Å². The van der Waals surface area contributed by atoms with Gasteiger partial charge >= 0.3 is 0 Å². The third-order valence-electron chi connectivity index (χ3n) is 2.50. The van der Waals surface area contributed by atoms with Crippen LogP contribution in [0.4, 0.5) is 0 Å². The van der Waals surface area contributed by atoms with Gasteiger partial charge in [0.1, 0.15) is 5.75 Å². The molecule has 1 N–H and O–H groups in total. The standard InChI is InChI=1S/C13H18N2O2/c1-9(2)10(3)14-15-13(16)11-6-5-7-12(8-11)17-4/h5-9H,1-4H3,(H,15,16). The van der Waals surface area contributed by atoms with Crippen LogP contribution in [-0.4, -0.2) is 18.7 Å². The number of amides is 1. The number of carbonyl (C=O) groups is 1. The number of ether oxygens (including phenoxy) is 1. The van der Waals surface area contributed by atoms with Crippen LogP contribution in [-0.2, 0) is 0 Å². The summed E-state index contributed by atoms with van der Waals surface area (Å²) in [5, 5.41) is 4.03. The minimum atomic E-state index is -0.232. The molecule has 1 amide bonds. The van der Waals surface area contributed by atoms with Crippen LogP contribution < -0.4 is 10.2 Å². The molecular formula is C13H18N2O2. The summed E-state index contributed by atoms with van der Waals surface area (Å²) >= 11 is 0. The first-order chi connectivity index (χ1) is 8.04. The molecule has 0 aliphatic heterocycles. The summed E-state index contributed by atoms with van der Waals surface area (Å²) in [7, 11) is 1.57. The van der Waals surface area contributed by atoms with Crippen LogP contribution in [0.5, 0.6) is 5.75 Å². The van der Waals surface area contributed by atoms with Gasteiger partial charge in [-0.3, -0.25) is 4.79 Å². The molecule has 0 aliphatic carbocycles. The summed E-state index contributed by atoms with van der Waals surface area (Å²) in [5.74, 6) is 0.742. The smallest absolute Gasteiger partial charge is 0.271 e. The highest BCUT2D eigenvalue weighted by Gasteiger charge is 2.06. The second kappa shape index (κ2) is 6.03. The van der Waals surface area contributed by atoms with Gasteiger partial charge in [0.05, 0.1) is 7.11 Å². The predicted molar refractivity (Wildman–Crippen MR) is 68.4 cm³/mol. The van der Waals surface area contributed by atoms with Crippen molar-refractivity contribution in [3.8, 4) is 5.75 Å². The number of hydrazone groups is 1. The van der Waals surface area contributed by atoms with Crippen LogP contribution in [0.15, 0.2) is 29.4 Å². The van der Waals surface area contributed by atoms with Crippen molar-refractivity contribution in [2.45, 2.75) is 20.8 Å². The molecule has 0 unspecified atom stereocenters. The maximum Gasteiger partial charge on any atom is 0.271 e. The van der Waals surface area contributed by atoms with E-state index in [4.69, 9.17) is 4.74 Å². The molecule has 1 aromatic carbocycles. The van der Waals surface area contributed by atoms with E-state index in [0.717, 1.165) is 5.71 Å². The van der Waals surface area contributed by atoms with Crippen molar-refractivity contribution in [2.75, 3.05) is 7.11 Å². The Morgan fingerprint density at radius 2 is 2.12 bits per heavy atom. The van der Waals surface area contributed by atoms with Gasteiger partial charge in [0.2, 0.25) is 0 Å². The maximum absolute atomic E-state index is 11.8. The maximum atomic E-state index is 11.8. The molecule has 0 saturated carbocycles. The number of benzene rings is 1. The average Bonchev–Trinajstić information content (AvgIpc) is 2.35. The molecule has 0 aliphatic rings. The van der Waals surface area contributed by atoms with Gasteiger partial charge in [0.15, 0.2) is 0 Å². The Morgan fingerprint density at radius 1 is 1.41 bits per heavy atom. The lowest BCUT2D eigenvalue weighted by molar-refractivity contribution is 0.0954. The van der Waals surface area contributed by atoms with Crippen LogP contribution in [0.3, 0.4) is 0 Å². The summed E-state index contributed by atoms with van der Waals surface area (Å²) in [4.78, 5) is 11.8. The molecule has 4 heteroatoms. The second-order valence-corrected chi connectivity index (χ2v) is 4.08. The van der Waals surface area contributed by atoms with Gasteiger partial charge in [-0.15, -0.1) is 0 Å². The van der Waals surface area contributed by atoms with Crippen molar-refractivity contribution >= 4 is 11.6 Å².